The zero-order chi connectivity index (χ0) is 19.6. The molecule has 0 radical (unpaired) electrons. The lowest BCUT2D eigenvalue weighted by atomic mass is 10.0. The van der Waals surface area contributed by atoms with E-state index in [-0.39, 0.29) is 12.3 Å². The standard InChI is InChI=1S/C20H38N2O4/c1-2-3-4-5-6-7-8-9-10-11-12-13-14-15-19(24)22-17(20(25)26)16-18(21)23/h17H,2-16H2,1H3,(H2,21,23)(H,22,24)(H,25,26). The Labute approximate surface area is 158 Å². The molecule has 4 N–H and O–H groups in total. The molecule has 0 aliphatic carbocycles. The molecule has 152 valence electrons. The highest BCUT2D eigenvalue weighted by molar-refractivity contribution is 5.88. The Kier molecular flexibility index (Phi) is 15.8. The fraction of sp³-hybridized carbons (Fsp3) is 0.850. The number of hydrogen-bond donors (Lipinski definition) is 3. The van der Waals surface area contributed by atoms with Crippen molar-refractivity contribution in [1.29, 1.82) is 0 Å². The molecule has 0 fully saturated rings. The van der Waals surface area contributed by atoms with Crippen LogP contribution >= 0.6 is 0 Å². The van der Waals surface area contributed by atoms with Crippen molar-refractivity contribution in [2.45, 2.75) is 109 Å². The highest BCUT2D eigenvalue weighted by atomic mass is 16.4. The molecular formula is C20H38N2O4. The first-order valence-electron chi connectivity index (χ1n) is 10.3. The van der Waals surface area contributed by atoms with E-state index in [2.05, 4.69) is 12.2 Å². The maximum Gasteiger partial charge on any atom is 0.326 e. The van der Waals surface area contributed by atoms with Crippen molar-refractivity contribution in [3.63, 3.8) is 0 Å². The highest BCUT2D eigenvalue weighted by Crippen LogP contribution is 2.13. The Bertz CT molecular complexity index is 399. The fourth-order valence-electron chi connectivity index (χ4n) is 2.97. The van der Waals surface area contributed by atoms with Crippen LogP contribution in [-0.4, -0.2) is 28.9 Å². The van der Waals surface area contributed by atoms with Gasteiger partial charge >= 0.3 is 5.97 Å². The van der Waals surface area contributed by atoms with E-state index in [1.54, 1.807) is 0 Å². The lowest BCUT2D eigenvalue weighted by Gasteiger charge is -2.12. The van der Waals surface area contributed by atoms with Crippen LogP contribution in [0.15, 0.2) is 0 Å². The van der Waals surface area contributed by atoms with Crippen LogP contribution in [0.5, 0.6) is 0 Å². The zero-order valence-corrected chi connectivity index (χ0v) is 16.4. The molecule has 26 heavy (non-hydrogen) atoms. The highest BCUT2D eigenvalue weighted by Gasteiger charge is 2.21. The summed E-state index contributed by atoms with van der Waals surface area (Å²) >= 11 is 0. The second kappa shape index (κ2) is 16.9. The lowest BCUT2D eigenvalue weighted by Crippen LogP contribution is -2.43. The number of rotatable bonds is 18. The predicted molar refractivity (Wildman–Crippen MR) is 104 cm³/mol. The van der Waals surface area contributed by atoms with Crippen molar-refractivity contribution in [1.82, 2.24) is 5.32 Å². The van der Waals surface area contributed by atoms with Crippen LogP contribution in [0, 0.1) is 0 Å². The van der Waals surface area contributed by atoms with Gasteiger partial charge in [-0.15, -0.1) is 0 Å². The number of nitrogens with one attached hydrogen (secondary N) is 1. The summed E-state index contributed by atoms with van der Waals surface area (Å²) in [5, 5.41) is 11.3. The van der Waals surface area contributed by atoms with Crippen LogP contribution in [0.1, 0.15) is 103 Å². The summed E-state index contributed by atoms with van der Waals surface area (Å²) in [6, 6.07) is -1.22. The minimum absolute atomic E-state index is 0.292. The third-order valence-electron chi connectivity index (χ3n) is 4.55. The molecule has 0 saturated heterocycles. The number of amides is 2. The maximum absolute atomic E-state index is 11.7. The molecule has 0 aliphatic rings. The first kappa shape index (κ1) is 24.4. The molecule has 0 heterocycles. The van der Waals surface area contributed by atoms with E-state index in [0.717, 1.165) is 19.3 Å². The molecule has 1 atom stereocenters. The van der Waals surface area contributed by atoms with Crippen LogP contribution in [-0.2, 0) is 14.4 Å². The molecule has 0 rings (SSSR count). The average Bonchev–Trinajstić information content (AvgIpc) is 2.58. The molecule has 1 unspecified atom stereocenters. The third kappa shape index (κ3) is 15.9. The number of carbonyl (C=O) groups is 3. The van der Waals surface area contributed by atoms with Crippen molar-refractivity contribution in [2.75, 3.05) is 0 Å². The van der Waals surface area contributed by atoms with Gasteiger partial charge in [-0.05, 0) is 6.42 Å². The Morgan fingerprint density at radius 1 is 0.808 bits per heavy atom. The molecular weight excluding hydrogens is 332 g/mol. The third-order valence-corrected chi connectivity index (χ3v) is 4.55. The Balaban J connectivity index is 3.47. The summed E-state index contributed by atoms with van der Waals surface area (Å²) in [5.74, 6) is -2.30. The van der Waals surface area contributed by atoms with E-state index in [4.69, 9.17) is 10.8 Å². The number of unbranched alkanes of at least 4 members (excludes halogenated alkanes) is 12. The molecule has 0 saturated carbocycles. The van der Waals surface area contributed by atoms with Gasteiger partial charge in [0, 0.05) is 6.42 Å². The average molecular weight is 371 g/mol. The number of carbonyl (C=O) groups excluding carboxylic acids is 2. The van der Waals surface area contributed by atoms with E-state index >= 15 is 0 Å². The summed E-state index contributed by atoms with van der Waals surface area (Å²) in [5.41, 5.74) is 4.98. The van der Waals surface area contributed by atoms with E-state index in [1.165, 1.54) is 64.2 Å². The quantitative estimate of drug-likeness (QED) is 0.318. The molecule has 0 aromatic rings. The summed E-state index contributed by atoms with van der Waals surface area (Å²) in [6.07, 6.45) is 15.9. The van der Waals surface area contributed by atoms with Crippen LogP contribution < -0.4 is 11.1 Å². The Hall–Kier alpha value is -1.59. The molecule has 0 aliphatic heterocycles. The fourth-order valence-corrected chi connectivity index (χ4v) is 2.97. The zero-order valence-electron chi connectivity index (χ0n) is 16.4. The number of aliphatic carboxylic acids is 1. The van der Waals surface area contributed by atoms with Gasteiger partial charge < -0.3 is 16.2 Å². The summed E-state index contributed by atoms with van der Waals surface area (Å²) in [7, 11) is 0. The van der Waals surface area contributed by atoms with E-state index < -0.39 is 17.9 Å². The minimum atomic E-state index is -1.23. The second-order valence-corrected chi connectivity index (χ2v) is 7.12. The number of nitrogens with two attached hydrogens (primary N) is 1. The molecule has 0 spiro atoms. The van der Waals surface area contributed by atoms with Crippen molar-refractivity contribution in [3.05, 3.63) is 0 Å². The van der Waals surface area contributed by atoms with E-state index in [0.29, 0.717) is 6.42 Å². The monoisotopic (exact) mass is 370 g/mol. The molecule has 0 aromatic heterocycles. The summed E-state index contributed by atoms with van der Waals surface area (Å²) < 4.78 is 0. The van der Waals surface area contributed by atoms with Crippen LogP contribution in [0.4, 0.5) is 0 Å². The van der Waals surface area contributed by atoms with Gasteiger partial charge in [-0.3, -0.25) is 9.59 Å². The van der Waals surface area contributed by atoms with Crippen molar-refractivity contribution < 1.29 is 19.5 Å². The normalized spacial score (nSPS) is 11.9. The predicted octanol–water partition coefficient (Wildman–Crippen LogP) is 3.91. The SMILES string of the molecule is CCCCCCCCCCCCCCCC(=O)NC(CC(N)=O)C(=O)O. The molecule has 2 amide bonds. The smallest absolute Gasteiger partial charge is 0.326 e. The van der Waals surface area contributed by atoms with E-state index in [9.17, 15) is 14.4 Å². The van der Waals surface area contributed by atoms with Crippen LogP contribution in [0.3, 0.4) is 0 Å². The summed E-state index contributed by atoms with van der Waals surface area (Å²) in [6.45, 7) is 2.24. The molecule has 6 nitrogen and oxygen atoms in total. The summed E-state index contributed by atoms with van der Waals surface area (Å²) in [4.78, 5) is 33.4. The molecule has 0 bridgehead atoms. The van der Waals surface area contributed by atoms with Gasteiger partial charge in [-0.1, -0.05) is 84.0 Å². The second-order valence-electron chi connectivity index (χ2n) is 7.12. The number of carboxylic acids is 1. The van der Waals surface area contributed by atoms with Gasteiger partial charge in [-0.2, -0.15) is 0 Å². The molecule has 0 aromatic carbocycles. The topological polar surface area (TPSA) is 109 Å². The van der Waals surface area contributed by atoms with Gasteiger partial charge in [0.2, 0.25) is 11.8 Å². The Morgan fingerprint density at radius 3 is 1.62 bits per heavy atom. The van der Waals surface area contributed by atoms with Crippen LogP contribution in [0.2, 0.25) is 0 Å². The van der Waals surface area contributed by atoms with Crippen molar-refractivity contribution in [3.8, 4) is 0 Å². The number of carboxylic acid groups (broad SMARTS) is 1. The minimum Gasteiger partial charge on any atom is -0.480 e. The van der Waals surface area contributed by atoms with Gasteiger partial charge in [-0.25, -0.2) is 4.79 Å². The number of primary amides is 1. The first-order valence-corrected chi connectivity index (χ1v) is 10.3. The van der Waals surface area contributed by atoms with Gasteiger partial charge in [0.05, 0.1) is 6.42 Å². The lowest BCUT2D eigenvalue weighted by molar-refractivity contribution is -0.143. The number of hydrogen-bond acceptors (Lipinski definition) is 3. The molecule has 6 heteroatoms. The van der Waals surface area contributed by atoms with Crippen molar-refractivity contribution >= 4 is 17.8 Å². The maximum atomic E-state index is 11.7. The van der Waals surface area contributed by atoms with Crippen molar-refractivity contribution in [2.24, 2.45) is 5.73 Å². The van der Waals surface area contributed by atoms with Gasteiger partial charge in [0.1, 0.15) is 6.04 Å². The van der Waals surface area contributed by atoms with Gasteiger partial charge in [0.25, 0.3) is 0 Å². The largest absolute Gasteiger partial charge is 0.480 e. The van der Waals surface area contributed by atoms with Crippen LogP contribution in [0.25, 0.3) is 0 Å². The van der Waals surface area contributed by atoms with Gasteiger partial charge in [0.15, 0.2) is 0 Å². The first-order chi connectivity index (χ1) is 12.5. The van der Waals surface area contributed by atoms with E-state index in [1.807, 2.05) is 0 Å². The Morgan fingerprint density at radius 2 is 1.23 bits per heavy atom.